The van der Waals surface area contributed by atoms with Gasteiger partial charge in [0.05, 0.1) is 0 Å². The van der Waals surface area contributed by atoms with Crippen LogP contribution in [0.3, 0.4) is 0 Å². The Bertz CT molecular complexity index is 2300. The molecule has 0 saturated carbocycles. The van der Waals surface area contributed by atoms with Gasteiger partial charge in [-0.05, 0) is 82.4 Å². The highest BCUT2D eigenvalue weighted by molar-refractivity contribution is 5.99. The van der Waals surface area contributed by atoms with Gasteiger partial charge in [0, 0.05) is 39.0 Å². The molecule has 0 amide bonds. The van der Waals surface area contributed by atoms with Crippen molar-refractivity contribution in [3.8, 4) is 11.1 Å². The highest BCUT2D eigenvalue weighted by atomic mass is 16.3. The van der Waals surface area contributed by atoms with Crippen molar-refractivity contribution in [1.82, 2.24) is 0 Å². The summed E-state index contributed by atoms with van der Waals surface area (Å²) in [6, 6.07) is 49.9. The highest BCUT2D eigenvalue weighted by Crippen LogP contribution is 2.52. The standard InChI is InChI=1S/C44H35NO/c1-5-37-38-17-11-12-18-41(38)46-43(37)42-29(2)44(3,4)40-26-25-36(28-39(40)42)45(35-24-21-31-15-9-10-16-33(31)27-35)34-22-19-32(20-23-34)30-13-7-6-8-14-30/h5-28H,1H2,2-4H3. The molecule has 0 spiro atoms. The lowest BCUT2D eigenvalue weighted by Crippen LogP contribution is -2.16. The molecule has 0 aliphatic heterocycles. The first kappa shape index (κ1) is 27.9. The summed E-state index contributed by atoms with van der Waals surface area (Å²) in [6.07, 6.45) is 1.94. The number of para-hydroxylation sites is 1. The van der Waals surface area contributed by atoms with Gasteiger partial charge < -0.3 is 9.32 Å². The fraction of sp³-hybridized carbons (Fsp3) is 0.0909. The smallest absolute Gasteiger partial charge is 0.143 e. The maximum absolute atomic E-state index is 6.62. The predicted octanol–water partition coefficient (Wildman–Crippen LogP) is 12.5. The third-order valence-electron chi connectivity index (χ3n) is 9.81. The second kappa shape index (κ2) is 10.8. The first-order valence-electron chi connectivity index (χ1n) is 15.9. The van der Waals surface area contributed by atoms with E-state index in [1.807, 2.05) is 18.2 Å². The zero-order chi connectivity index (χ0) is 31.4. The number of fused-ring (bicyclic) bond motifs is 3. The van der Waals surface area contributed by atoms with Crippen molar-refractivity contribution < 1.29 is 4.42 Å². The first-order valence-corrected chi connectivity index (χ1v) is 15.9. The Morgan fingerprint density at radius 3 is 2.04 bits per heavy atom. The van der Waals surface area contributed by atoms with Crippen molar-refractivity contribution in [2.75, 3.05) is 4.90 Å². The van der Waals surface area contributed by atoms with Crippen LogP contribution in [-0.4, -0.2) is 0 Å². The largest absolute Gasteiger partial charge is 0.455 e. The normalized spacial score (nSPS) is 13.7. The van der Waals surface area contributed by atoms with Crippen LogP contribution in [0.5, 0.6) is 0 Å². The van der Waals surface area contributed by atoms with Crippen LogP contribution in [0.4, 0.5) is 17.1 Å². The minimum Gasteiger partial charge on any atom is -0.455 e. The summed E-state index contributed by atoms with van der Waals surface area (Å²) in [5.74, 6) is 0.891. The number of hydrogen-bond acceptors (Lipinski definition) is 2. The Balaban J connectivity index is 1.32. The fourth-order valence-corrected chi connectivity index (χ4v) is 7.08. The van der Waals surface area contributed by atoms with Crippen LogP contribution >= 0.6 is 0 Å². The van der Waals surface area contributed by atoms with E-state index in [0.717, 1.165) is 44.9 Å². The van der Waals surface area contributed by atoms with Crippen LogP contribution in [0.2, 0.25) is 0 Å². The minimum atomic E-state index is -0.147. The van der Waals surface area contributed by atoms with Crippen molar-refractivity contribution in [1.29, 1.82) is 0 Å². The number of benzene rings is 6. The third kappa shape index (κ3) is 4.41. The molecule has 0 fully saturated rings. The molecule has 0 radical (unpaired) electrons. The van der Waals surface area contributed by atoms with Gasteiger partial charge in [0.15, 0.2) is 0 Å². The van der Waals surface area contributed by atoms with Gasteiger partial charge in [-0.3, -0.25) is 0 Å². The summed E-state index contributed by atoms with van der Waals surface area (Å²) in [5.41, 5.74) is 12.5. The van der Waals surface area contributed by atoms with Crippen molar-refractivity contribution >= 4 is 50.5 Å². The minimum absolute atomic E-state index is 0.147. The van der Waals surface area contributed by atoms with E-state index in [1.165, 1.54) is 38.6 Å². The van der Waals surface area contributed by atoms with Gasteiger partial charge in [-0.15, -0.1) is 0 Å². The second-order valence-electron chi connectivity index (χ2n) is 12.7. The maximum Gasteiger partial charge on any atom is 0.143 e. The molecule has 0 saturated heterocycles. The van der Waals surface area contributed by atoms with Crippen molar-refractivity contribution in [3.63, 3.8) is 0 Å². The number of allylic oxidation sites excluding steroid dienone is 1. The topological polar surface area (TPSA) is 16.4 Å². The lowest BCUT2D eigenvalue weighted by Gasteiger charge is -2.28. The zero-order valence-electron chi connectivity index (χ0n) is 26.4. The van der Waals surface area contributed by atoms with Crippen LogP contribution in [0.25, 0.3) is 44.5 Å². The fourth-order valence-electron chi connectivity index (χ4n) is 7.08. The van der Waals surface area contributed by atoms with Crippen molar-refractivity contribution in [3.05, 3.63) is 174 Å². The number of furan rings is 1. The molecule has 6 aromatic carbocycles. The van der Waals surface area contributed by atoms with Crippen LogP contribution < -0.4 is 4.90 Å². The number of nitrogens with zero attached hydrogens (tertiary/aromatic N) is 1. The van der Waals surface area contributed by atoms with E-state index < -0.39 is 0 Å². The van der Waals surface area contributed by atoms with Crippen LogP contribution in [0.15, 0.2) is 156 Å². The molecule has 0 bridgehead atoms. The van der Waals surface area contributed by atoms with Gasteiger partial charge in [-0.25, -0.2) is 0 Å². The molecule has 2 nitrogen and oxygen atoms in total. The molecule has 1 aromatic heterocycles. The molecule has 0 N–H and O–H groups in total. The quantitative estimate of drug-likeness (QED) is 0.191. The van der Waals surface area contributed by atoms with E-state index in [1.54, 1.807) is 0 Å². The number of hydrogen-bond donors (Lipinski definition) is 0. The number of rotatable bonds is 6. The Morgan fingerprint density at radius 2 is 1.26 bits per heavy atom. The van der Waals surface area contributed by atoms with E-state index >= 15 is 0 Å². The van der Waals surface area contributed by atoms with E-state index in [0.29, 0.717) is 0 Å². The van der Waals surface area contributed by atoms with Gasteiger partial charge in [-0.1, -0.05) is 129 Å². The molecule has 0 unspecified atom stereocenters. The Hall–Kier alpha value is -5.60. The van der Waals surface area contributed by atoms with Gasteiger partial charge >= 0.3 is 0 Å². The molecule has 46 heavy (non-hydrogen) atoms. The maximum atomic E-state index is 6.62. The Morgan fingerprint density at radius 1 is 0.630 bits per heavy atom. The summed E-state index contributed by atoms with van der Waals surface area (Å²) in [4.78, 5) is 2.37. The van der Waals surface area contributed by atoms with E-state index in [9.17, 15) is 0 Å². The third-order valence-corrected chi connectivity index (χ3v) is 9.81. The van der Waals surface area contributed by atoms with Gasteiger partial charge in [0.2, 0.25) is 0 Å². The second-order valence-corrected chi connectivity index (χ2v) is 12.7. The molecular formula is C44H35NO. The average molecular weight is 594 g/mol. The zero-order valence-corrected chi connectivity index (χ0v) is 26.4. The van der Waals surface area contributed by atoms with Crippen molar-refractivity contribution in [2.24, 2.45) is 0 Å². The highest BCUT2D eigenvalue weighted by Gasteiger charge is 2.38. The molecule has 2 heteroatoms. The van der Waals surface area contributed by atoms with Crippen LogP contribution in [0.1, 0.15) is 43.2 Å². The van der Waals surface area contributed by atoms with E-state index in [-0.39, 0.29) is 5.41 Å². The lowest BCUT2D eigenvalue weighted by atomic mass is 9.82. The van der Waals surface area contributed by atoms with Crippen molar-refractivity contribution in [2.45, 2.75) is 26.2 Å². The SMILES string of the molecule is C=Cc1c(C2=C(C)C(C)(C)c3ccc(N(c4ccc(-c5ccccc5)cc4)c4ccc5ccccc5c4)cc32)oc2ccccc12. The molecule has 1 aliphatic rings. The average Bonchev–Trinajstić information content (AvgIpc) is 3.56. The van der Waals surface area contributed by atoms with Crippen LogP contribution in [0, 0.1) is 0 Å². The summed E-state index contributed by atoms with van der Waals surface area (Å²) in [7, 11) is 0. The lowest BCUT2D eigenvalue weighted by molar-refractivity contribution is 0.596. The molecule has 222 valence electrons. The summed E-state index contributed by atoms with van der Waals surface area (Å²) in [5, 5.41) is 3.53. The first-order chi connectivity index (χ1) is 22.4. The summed E-state index contributed by atoms with van der Waals surface area (Å²) < 4.78 is 6.62. The molecule has 1 aliphatic carbocycles. The Labute approximate surface area is 270 Å². The predicted molar refractivity (Wildman–Crippen MR) is 195 cm³/mol. The van der Waals surface area contributed by atoms with Gasteiger partial charge in [0.1, 0.15) is 11.3 Å². The Kier molecular flexibility index (Phi) is 6.54. The molecule has 1 heterocycles. The van der Waals surface area contributed by atoms with Gasteiger partial charge in [0.25, 0.3) is 0 Å². The monoisotopic (exact) mass is 593 g/mol. The van der Waals surface area contributed by atoms with Gasteiger partial charge in [-0.2, -0.15) is 0 Å². The van der Waals surface area contributed by atoms with E-state index in [4.69, 9.17) is 4.42 Å². The molecular weight excluding hydrogens is 558 g/mol. The summed E-state index contributed by atoms with van der Waals surface area (Å²) >= 11 is 0. The van der Waals surface area contributed by atoms with Crippen LogP contribution in [-0.2, 0) is 5.41 Å². The number of anilines is 3. The summed E-state index contributed by atoms with van der Waals surface area (Å²) in [6.45, 7) is 11.1. The molecule has 0 atom stereocenters. The van der Waals surface area contributed by atoms with E-state index in [2.05, 4.69) is 160 Å². The molecule has 8 rings (SSSR count). The molecule has 7 aromatic rings.